The Morgan fingerprint density at radius 2 is 1.81 bits per heavy atom. The topological polar surface area (TPSA) is 82.1 Å². The summed E-state index contributed by atoms with van der Waals surface area (Å²) in [4.78, 5) is 29.2. The van der Waals surface area contributed by atoms with Crippen LogP contribution < -0.4 is 5.32 Å². The first-order valence-corrected chi connectivity index (χ1v) is 15.8. The molecule has 2 aromatic rings. The van der Waals surface area contributed by atoms with Crippen LogP contribution in [0.15, 0.2) is 48.5 Å². The molecule has 1 aliphatic carbocycles. The van der Waals surface area contributed by atoms with Crippen molar-refractivity contribution in [2.45, 2.75) is 89.9 Å². The Hall–Kier alpha value is -3.04. The number of hydrogen-bond donors (Lipinski definition) is 2. The molecule has 1 aliphatic heterocycles. The Balaban J connectivity index is 1.35. The summed E-state index contributed by atoms with van der Waals surface area (Å²) in [6.45, 7) is 9.08. The number of halogens is 2. The number of nitrogens with zero attached hydrogens (tertiary/aromatic N) is 2. The SMILES string of the molecule is CCCN(C(=O)OCc1ccc(F)cc1F)C1CCN(CC2CC(N[C@H](CC(C)C)C(=O)O)CC2c2ccccc2)CC1. The van der Waals surface area contributed by atoms with E-state index in [0.29, 0.717) is 30.7 Å². The van der Waals surface area contributed by atoms with Gasteiger partial charge < -0.3 is 25.0 Å². The van der Waals surface area contributed by atoms with Crippen molar-refractivity contribution in [1.82, 2.24) is 15.1 Å². The summed E-state index contributed by atoms with van der Waals surface area (Å²) in [5.74, 6) is -1.13. The lowest BCUT2D eigenvalue weighted by molar-refractivity contribution is -0.140. The fraction of sp³-hybridized carbons (Fsp3) is 0.588. The van der Waals surface area contributed by atoms with E-state index in [9.17, 15) is 23.5 Å². The molecule has 0 bridgehead atoms. The number of carboxylic acid groups (broad SMARTS) is 1. The molecule has 9 heteroatoms. The van der Waals surface area contributed by atoms with Crippen molar-refractivity contribution >= 4 is 12.1 Å². The fourth-order valence-corrected chi connectivity index (χ4v) is 6.84. The van der Waals surface area contributed by atoms with E-state index in [2.05, 4.69) is 48.3 Å². The van der Waals surface area contributed by atoms with Crippen molar-refractivity contribution in [3.8, 4) is 0 Å². The Labute approximate surface area is 254 Å². The molecule has 1 heterocycles. The largest absolute Gasteiger partial charge is 0.480 e. The summed E-state index contributed by atoms with van der Waals surface area (Å²) in [6.07, 6.45) is 4.40. The van der Waals surface area contributed by atoms with Gasteiger partial charge in [0.15, 0.2) is 0 Å². The zero-order valence-corrected chi connectivity index (χ0v) is 25.7. The maximum absolute atomic E-state index is 14.0. The molecule has 2 N–H and O–H groups in total. The zero-order chi connectivity index (χ0) is 30.9. The molecule has 2 fully saturated rings. The van der Waals surface area contributed by atoms with Crippen LogP contribution in [-0.2, 0) is 16.1 Å². The van der Waals surface area contributed by atoms with Gasteiger partial charge in [-0.05, 0) is 74.0 Å². The molecule has 0 radical (unpaired) electrons. The van der Waals surface area contributed by atoms with Crippen LogP contribution in [0.5, 0.6) is 0 Å². The first kappa shape index (κ1) is 32.9. The van der Waals surface area contributed by atoms with Crippen LogP contribution >= 0.6 is 0 Å². The molecule has 7 nitrogen and oxygen atoms in total. The molecule has 1 amide bonds. The summed E-state index contributed by atoms with van der Waals surface area (Å²) >= 11 is 0. The minimum Gasteiger partial charge on any atom is -0.480 e. The molecule has 0 aromatic heterocycles. The van der Waals surface area contributed by atoms with Gasteiger partial charge >= 0.3 is 12.1 Å². The molecule has 236 valence electrons. The third kappa shape index (κ3) is 9.22. The summed E-state index contributed by atoms with van der Waals surface area (Å²) in [5, 5.41) is 13.3. The van der Waals surface area contributed by atoms with Gasteiger partial charge in [-0.2, -0.15) is 0 Å². The van der Waals surface area contributed by atoms with Crippen LogP contribution in [0.3, 0.4) is 0 Å². The number of nitrogens with one attached hydrogen (secondary N) is 1. The quantitative estimate of drug-likeness (QED) is 0.276. The Kier molecular flexibility index (Phi) is 11.9. The van der Waals surface area contributed by atoms with Crippen LogP contribution in [0.4, 0.5) is 13.6 Å². The normalized spacial score (nSPS) is 22.0. The fourth-order valence-electron chi connectivity index (χ4n) is 6.84. The number of likely N-dealkylation sites (tertiary alicyclic amines) is 1. The maximum Gasteiger partial charge on any atom is 0.410 e. The van der Waals surface area contributed by atoms with Crippen LogP contribution in [0.2, 0.25) is 0 Å². The van der Waals surface area contributed by atoms with Gasteiger partial charge in [0.1, 0.15) is 24.3 Å². The third-order valence-corrected chi connectivity index (χ3v) is 8.92. The Bertz CT molecular complexity index is 1190. The van der Waals surface area contributed by atoms with Crippen molar-refractivity contribution < 1.29 is 28.2 Å². The van der Waals surface area contributed by atoms with Crippen molar-refractivity contribution in [3.05, 3.63) is 71.3 Å². The van der Waals surface area contributed by atoms with E-state index in [1.165, 1.54) is 11.6 Å². The highest BCUT2D eigenvalue weighted by molar-refractivity contribution is 5.73. The lowest BCUT2D eigenvalue weighted by Crippen LogP contribution is -2.48. The second-order valence-corrected chi connectivity index (χ2v) is 12.6. The van der Waals surface area contributed by atoms with E-state index in [-0.39, 0.29) is 24.3 Å². The molecule has 0 spiro atoms. The molecule has 1 saturated heterocycles. The number of aliphatic carboxylic acids is 1. The number of carbonyl (C=O) groups is 2. The van der Waals surface area contributed by atoms with Gasteiger partial charge in [-0.1, -0.05) is 51.1 Å². The summed E-state index contributed by atoms with van der Waals surface area (Å²) in [5.41, 5.74) is 1.45. The summed E-state index contributed by atoms with van der Waals surface area (Å²) in [6, 6.07) is 13.4. The van der Waals surface area contributed by atoms with E-state index in [4.69, 9.17) is 4.74 Å². The van der Waals surface area contributed by atoms with Gasteiger partial charge in [-0.3, -0.25) is 4.79 Å². The van der Waals surface area contributed by atoms with Gasteiger partial charge in [0.25, 0.3) is 0 Å². The average molecular weight is 600 g/mol. The van der Waals surface area contributed by atoms with E-state index >= 15 is 0 Å². The Morgan fingerprint density at radius 3 is 2.44 bits per heavy atom. The summed E-state index contributed by atoms with van der Waals surface area (Å²) in [7, 11) is 0. The predicted molar refractivity (Wildman–Crippen MR) is 163 cm³/mol. The molecule has 1 saturated carbocycles. The van der Waals surface area contributed by atoms with Gasteiger partial charge in [0, 0.05) is 49.9 Å². The number of benzene rings is 2. The molecular weight excluding hydrogens is 552 g/mol. The number of carboxylic acids is 1. The standard InChI is InChI=1S/C34H47F2N3O4/c1-4-14-39(34(42)43-22-25-10-11-27(35)19-31(25)36)29-12-15-38(16-13-29)21-26-18-28(37-32(33(40)41)17-23(2)3)20-30(26)24-8-6-5-7-9-24/h5-11,19,23,26,28-30,32,37H,4,12-18,20-22H2,1-3H3,(H,40,41)/t26?,28?,30?,32-/m1/s1. The van der Waals surface area contributed by atoms with Crippen molar-refractivity contribution in [1.29, 1.82) is 0 Å². The van der Waals surface area contributed by atoms with Crippen molar-refractivity contribution in [2.75, 3.05) is 26.2 Å². The lowest BCUT2D eigenvalue weighted by atomic mass is 9.88. The van der Waals surface area contributed by atoms with Crippen LogP contribution in [0, 0.1) is 23.5 Å². The van der Waals surface area contributed by atoms with E-state index < -0.39 is 29.7 Å². The second kappa shape index (κ2) is 15.6. The number of hydrogen-bond acceptors (Lipinski definition) is 5. The zero-order valence-electron chi connectivity index (χ0n) is 25.7. The second-order valence-electron chi connectivity index (χ2n) is 12.6. The van der Waals surface area contributed by atoms with E-state index in [1.807, 2.05) is 13.0 Å². The minimum atomic E-state index is -0.784. The number of carbonyl (C=O) groups excluding carboxylic acids is 1. The lowest BCUT2D eigenvalue weighted by Gasteiger charge is -2.39. The molecule has 2 aromatic carbocycles. The van der Waals surface area contributed by atoms with Gasteiger partial charge in [-0.15, -0.1) is 0 Å². The number of piperidine rings is 1. The van der Waals surface area contributed by atoms with Crippen LogP contribution in [0.25, 0.3) is 0 Å². The highest BCUT2D eigenvalue weighted by atomic mass is 19.1. The monoisotopic (exact) mass is 599 g/mol. The van der Waals surface area contributed by atoms with E-state index in [1.54, 1.807) is 4.90 Å². The molecule has 4 atom stereocenters. The third-order valence-electron chi connectivity index (χ3n) is 8.92. The number of amides is 1. The van der Waals surface area contributed by atoms with Gasteiger partial charge in [0.2, 0.25) is 0 Å². The highest BCUT2D eigenvalue weighted by Crippen LogP contribution is 2.41. The minimum absolute atomic E-state index is 0.0389. The molecule has 43 heavy (non-hydrogen) atoms. The smallest absolute Gasteiger partial charge is 0.410 e. The first-order valence-electron chi connectivity index (χ1n) is 15.8. The predicted octanol–water partition coefficient (Wildman–Crippen LogP) is 6.43. The van der Waals surface area contributed by atoms with Crippen LogP contribution in [-0.4, -0.2) is 71.3 Å². The summed E-state index contributed by atoms with van der Waals surface area (Å²) < 4.78 is 32.7. The molecular formula is C34H47F2N3O4. The Morgan fingerprint density at radius 1 is 1.09 bits per heavy atom. The van der Waals surface area contributed by atoms with Crippen LogP contribution in [0.1, 0.15) is 76.3 Å². The van der Waals surface area contributed by atoms with Crippen molar-refractivity contribution in [2.24, 2.45) is 11.8 Å². The van der Waals surface area contributed by atoms with E-state index in [0.717, 1.165) is 63.9 Å². The first-order chi connectivity index (χ1) is 20.6. The molecule has 4 rings (SSSR count). The van der Waals surface area contributed by atoms with Gasteiger partial charge in [-0.25, -0.2) is 13.6 Å². The molecule has 2 aliphatic rings. The molecule has 3 unspecified atom stereocenters. The van der Waals surface area contributed by atoms with Gasteiger partial charge in [0.05, 0.1) is 0 Å². The maximum atomic E-state index is 14.0. The number of ether oxygens (including phenoxy) is 1. The highest BCUT2D eigenvalue weighted by Gasteiger charge is 2.39. The number of rotatable bonds is 13. The average Bonchev–Trinajstić information content (AvgIpc) is 3.37. The van der Waals surface area contributed by atoms with Crippen molar-refractivity contribution in [3.63, 3.8) is 0 Å².